The highest BCUT2D eigenvalue weighted by Gasteiger charge is 2.16. The van der Waals surface area contributed by atoms with E-state index < -0.39 is 0 Å². The van der Waals surface area contributed by atoms with Gasteiger partial charge in [0.1, 0.15) is 0 Å². The summed E-state index contributed by atoms with van der Waals surface area (Å²) in [6, 6.07) is 16.0. The Morgan fingerprint density at radius 2 is 1.79 bits per heavy atom. The molecule has 2 aromatic rings. The molecule has 0 saturated carbocycles. The second kappa shape index (κ2) is 6.95. The molecule has 0 spiro atoms. The molecule has 3 heteroatoms. The number of rotatable bonds is 5. The van der Waals surface area contributed by atoms with Crippen molar-refractivity contribution in [3.63, 3.8) is 0 Å². The lowest BCUT2D eigenvalue weighted by molar-refractivity contribution is 0.599. The molecule has 0 radical (unpaired) electrons. The second-order valence-electron chi connectivity index (χ2n) is 4.46. The molecule has 100 valence electrons. The molecule has 0 aliphatic rings. The lowest BCUT2D eigenvalue weighted by Crippen LogP contribution is -2.23. The molecule has 0 bridgehead atoms. The highest BCUT2D eigenvalue weighted by atomic mass is 35.5. The summed E-state index contributed by atoms with van der Waals surface area (Å²) in [5.41, 5.74) is 2.22. The fraction of sp³-hybridized carbons (Fsp3) is 0.250. The normalized spacial score (nSPS) is 12.4. The topological polar surface area (TPSA) is 12.0 Å². The van der Waals surface area contributed by atoms with Gasteiger partial charge in [0.05, 0.1) is 6.04 Å². The third-order valence-electron chi connectivity index (χ3n) is 3.00. The molecule has 1 atom stereocenters. The molecule has 2 rings (SSSR count). The molecule has 0 aliphatic heterocycles. The van der Waals surface area contributed by atoms with Gasteiger partial charge in [-0.25, -0.2) is 0 Å². The Hall–Kier alpha value is -1.02. The summed E-state index contributed by atoms with van der Waals surface area (Å²) in [4.78, 5) is 0. The Bertz CT molecular complexity index is 526. The van der Waals surface area contributed by atoms with E-state index in [1.54, 1.807) is 0 Å². The van der Waals surface area contributed by atoms with Crippen LogP contribution in [0.15, 0.2) is 48.5 Å². The number of halogens is 2. The van der Waals surface area contributed by atoms with Crippen LogP contribution in [-0.4, -0.2) is 6.54 Å². The standard InChI is InChI=1S/C16H17Cl2N/c1-2-10-19-16(12-6-4-3-5-7-12)14-11-13(17)8-9-15(14)18/h3-9,11,16,19H,2,10H2,1H3. The smallest absolute Gasteiger partial charge is 0.0592 e. The van der Waals surface area contributed by atoms with Gasteiger partial charge < -0.3 is 5.32 Å². The quantitative estimate of drug-likeness (QED) is 0.810. The molecule has 0 fully saturated rings. The zero-order chi connectivity index (χ0) is 13.7. The SMILES string of the molecule is CCCNC(c1ccccc1)c1cc(Cl)ccc1Cl. The van der Waals surface area contributed by atoms with Crippen LogP contribution < -0.4 is 5.32 Å². The van der Waals surface area contributed by atoms with E-state index in [2.05, 4.69) is 24.4 Å². The van der Waals surface area contributed by atoms with Crippen LogP contribution in [0, 0.1) is 0 Å². The van der Waals surface area contributed by atoms with Crippen molar-refractivity contribution in [3.8, 4) is 0 Å². The largest absolute Gasteiger partial charge is 0.306 e. The van der Waals surface area contributed by atoms with Crippen LogP contribution in [-0.2, 0) is 0 Å². The van der Waals surface area contributed by atoms with Crippen LogP contribution in [0.25, 0.3) is 0 Å². The van der Waals surface area contributed by atoms with Crippen molar-refractivity contribution >= 4 is 23.2 Å². The van der Waals surface area contributed by atoms with E-state index in [4.69, 9.17) is 23.2 Å². The second-order valence-corrected chi connectivity index (χ2v) is 5.31. The Balaban J connectivity index is 2.40. The van der Waals surface area contributed by atoms with Crippen LogP contribution in [0.4, 0.5) is 0 Å². The van der Waals surface area contributed by atoms with Crippen LogP contribution in [0.2, 0.25) is 10.0 Å². The lowest BCUT2D eigenvalue weighted by atomic mass is 9.98. The molecule has 0 aromatic heterocycles. The maximum absolute atomic E-state index is 6.32. The highest BCUT2D eigenvalue weighted by Crippen LogP contribution is 2.30. The summed E-state index contributed by atoms with van der Waals surface area (Å²) < 4.78 is 0. The van der Waals surface area contributed by atoms with Gasteiger partial charge in [-0.15, -0.1) is 0 Å². The van der Waals surface area contributed by atoms with Crippen molar-refractivity contribution in [3.05, 3.63) is 69.7 Å². The predicted octanol–water partition coefficient (Wildman–Crippen LogP) is 5.08. The molecule has 1 nitrogen and oxygen atoms in total. The molecular formula is C16H17Cl2N. The fourth-order valence-corrected chi connectivity index (χ4v) is 2.48. The van der Waals surface area contributed by atoms with Gasteiger partial charge in [0.15, 0.2) is 0 Å². The third-order valence-corrected chi connectivity index (χ3v) is 3.58. The summed E-state index contributed by atoms with van der Waals surface area (Å²) in [5.74, 6) is 0. The maximum Gasteiger partial charge on any atom is 0.0592 e. The van der Waals surface area contributed by atoms with E-state index in [1.807, 2.05) is 36.4 Å². The molecule has 0 amide bonds. The minimum atomic E-state index is 0.0762. The zero-order valence-electron chi connectivity index (χ0n) is 10.9. The number of nitrogens with one attached hydrogen (secondary N) is 1. The Kier molecular flexibility index (Phi) is 5.26. The van der Waals surface area contributed by atoms with Crippen LogP contribution >= 0.6 is 23.2 Å². The maximum atomic E-state index is 6.32. The average Bonchev–Trinajstić information content (AvgIpc) is 2.44. The van der Waals surface area contributed by atoms with E-state index in [-0.39, 0.29) is 6.04 Å². The number of hydrogen-bond acceptors (Lipinski definition) is 1. The first-order chi connectivity index (χ1) is 9.22. The van der Waals surface area contributed by atoms with Crippen molar-refractivity contribution in [2.75, 3.05) is 6.54 Å². The fourth-order valence-electron chi connectivity index (χ4n) is 2.08. The van der Waals surface area contributed by atoms with E-state index in [9.17, 15) is 0 Å². The lowest BCUT2D eigenvalue weighted by Gasteiger charge is -2.21. The summed E-state index contributed by atoms with van der Waals surface area (Å²) >= 11 is 12.4. The van der Waals surface area contributed by atoms with E-state index in [0.29, 0.717) is 5.02 Å². The molecule has 2 aromatic carbocycles. The first kappa shape index (κ1) is 14.4. The van der Waals surface area contributed by atoms with E-state index in [1.165, 1.54) is 5.56 Å². The van der Waals surface area contributed by atoms with Gasteiger partial charge in [0.25, 0.3) is 0 Å². The van der Waals surface area contributed by atoms with Crippen LogP contribution in [0.5, 0.6) is 0 Å². The van der Waals surface area contributed by atoms with Crippen molar-refractivity contribution in [1.29, 1.82) is 0 Å². The summed E-state index contributed by atoms with van der Waals surface area (Å²) in [7, 11) is 0. The Morgan fingerprint density at radius 3 is 2.47 bits per heavy atom. The van der Waals surface area contributed by atoms with Gasteiger partial charge in [-0.05, 0) is 42.3 Å². The van der Waals surface area contributed by atoms with Gasteiger partial charge in [-0.2, -0.15) is 0 Å². The predicted molar refractivity (Wildman–Crippen MR) is 83.0 cm³/mol. The minimum absolute atomic E-state index is 0.0762. The Morgan fingerprint density at radius 1 is 1.05 bits per heavy atom. The Labute approximate surface area is 124 Å². The van der Waals surface area contributed by atoms with Gasteiger partial charge in [-0.3, -0.25) is 0 Å². The van der Waals surface area contributed by atoms with E-state index >= 15 is 0 Å². The molecule has 0 aliphatic carbocycles. The number of hydrogen-bond donors (Lipinski definition) is 1. The van der Waals surface area contributed by atoms with E-state index in [0.717, 1.165) is 23.6 Å². The average molecular weight is 294 g/mol. The van der Waals surface area contributed by atoms with Gasteiger partial charge in [0, 0.05) is 10.0 Å². The van der Waals surface area contributed by atoms with Gasteiger partial charge in [0.2, 0.25) is 0 Å². The molecule has 1 unspecified atom stereocenters. The minimum Gasteiger partial charge on any atom is -0.306 e. The molecular weight excluding hydrogens is 277 g/mol. The van der Waals surface area contributed by atoms with Gasteiger partial charge in [-0.1, -0.05) is 60.5 Å². The summed E-state index contributed by atoms with van der Waals surface area (Å²) in [6.45, 7) is 3.08. The molecule has 0 heterocycles. The van der Waals surface area contributed by atoms with Crippen molar-refractivity contribution in [2.45, 2.75) is 19.4 Å². The number of benzene rings is 2. The highest BCUT2D eigenvalue weighted by molar-refractivity contribution is 6.33. The zero-order valence-corrected chi connectivity index (χ0v) is 12.4. The molecule has 19 heavy (non-hydrogen) atoms. The summed E-state index contributed by atoms with van der Waals surface area (Å²) in [5, 5.41) is 4.97. The van der Waals surface area contributed by atoms with Crippen molar-refractivity contribution < 1.29 is 0 Å². The van der Waals surface area contributed by atoms with Crippen LogP contribution in [0.3, 0.4) is 0 Å². The first-order valence-electron chi connectivity index (χ1n) is 6.45. The summed E-state index contributed by atoms with van der Waals surface area (Å²) in [6.07, 6.45) is 1.07. The van der Waals surface area contributed by atoms with Crippen molar-refractivity contribution in [1.82, 2.24) is 5.32 Å². The van der Waals surface area contributed by atoms with Crippen molar-refractivity contribution in [2.24, 2.45) is 0 Å². The first-order valence-corrected chi connectivity index (χ1v) is 7.21. The molecule has 0 saturated heterocycles. The monoisotopic (exact) mass is 293 g/mol. The van der Waals surface area contributed by atoms with Crippen LogP contribution in [0.1, 0.15) is 30.5 Å². The third kappa shape index (κ3) is 3.73. The molecule has 1 N–H and O–H groups in total. The van der Waals surface area contributed by atoms with Gasteiger partial charge >= 0.3 is 0 Å².